The molecule has 1 atom stereocenters. The number of rotatable bonds is 4. The third-order valence-electron chi connectivity index (χ3n) is 3.62. The van der Waals surface area contributed by atoms with E-state index in [1.165, 1.54) is 12.8 Å². The van der Waals surface area contributed by atoms with Crippen molar-refractivity contribution in [2.75, 3.05) is 5.33 Å². The lowest BCUT2D eigenvalue weighted by molar-refractivity contribution is -0.127. The van der Waals surface area contributed by atoms with Gasteiger partial charge < -0.3 is 5.32 Å². The Hall–Kier alpha value is -0.0500. The summed E-state index contributed by atoms with van der Waals surface area (Å²) in [5.41, 5.74) is 0.0419. The summed E-state index contributed by atoms with van der Waals surface area (Å²) in [6, 6.07) is 0. The van der Waals surface area contributed by atoms with E-state index >= 15 is 0 Å². The topological polar surface area (TPSA) is 29.1 Å². The molecule has 1 amide bonds. The zero-order valence-corrected chi connectivity index (χ0v) is 11.6. The SMILES string of the molecule is CC(C)C(C)C(=O)NC1(CBr)CCCC1. The van der Waals surface area contributed by atoms with E-state index in [1.807, 2.05) is 6.92 Å². The highest BCUT2D eigenvalue weighted by Crippen LogP contribution is 2.31. The summed E-state index contributed by atoms with van der Waals surface area (Å²) in [5.74, 6) is 0.742. The van der Waals surface area contributed by atoms with E-state index in [9.17, 15) is 4.79 Å². The lowest BCUT2D eigenvalue weighted by Gasteiger charge is -2.30. The molecule has 0 spiro atoms. The van der Waals surface area contributed by atoms with Crippen molar-refractivity contribution in [3.63, 3.8) is 0 Å². The van der Waals surface area contributed by atoms with Crippen molar-refractivity contribution in [1.82, 2.24) is 5.32 Å². The normalized spacial score (nSPS) is 21.7. The van der Waals surface area contributed by atoms with Crippen LogP contribution in [0.2, 0.25) is 0 Å². The van der Waals surface area contributed by atoms with Gasteiger partial charge in [-0.05, 0) is 18.8 Å². The largest absolute Gasteiger partial charge is 0.350 e. The van der Waals surface area contributed by atoms with E-state index in [0.29, 0.717) is 5.92 Å². The molecule has 0 saturated heterocycles. The smallest absolute Gasteiger partial charge is 0.223 e. The number of hydrogen-bond donors (Lipinski definition) is 1. The van der Waals surface area contributed by atoms with Gasteiger partial charge in [0.15, 0.2) is 0 Å². The van der Waals surface area contributed by atoms with Crippen molar-refractivity contribution >= 4 is 21.8 Å². The molecule has 1 unspecified atom stereocenters. The minimum atomic E-state index is 0.0419. The van der Waals surface area contributed by atoms with Crippen molar-refractivity contribution in [2.45, 2.75) is 52.0 Å². The fraction of sp³-hybridized carbons (Fsp3) is 0.917. The summed E-state index contributed by atoms with van der Waals surface area (Å²) in [6.07, 6.45) is 4.72. The van der Waals surface area contributed by atoms with Crippen LogP contribution in [0.25, 0.3) is 0 Å². The average molecular weight is 276 g/mol. The number of nitrogens with one attached hydrogen (secondary N) is 1. The Bertz CT molecular complexity index is 222. The quantitative estimate of drug-likeness (QED) is 0.785. The summed E-state index contributed by atoms with van der Waals surface area (Å²) in [5, 5.41) is 4.12. The Morgan fingerprint density at radius 2 is 1.87 bits per heavy atom. The van der Waals surface area contributed by atoms with Gasteiger partial charge in [-0.2, -0.15) is 0 Å². The van der Waals surface area contributed by atoms with Gasteiger partial charge in [-0.15, -0.1) is 0 Å². The van der Waals surface area contributed by atoms with Crippen LogP contribution in [0.5, 0.6) is 0 Å². The number of hydrogen-bond acceptors (Lipinski definition) is 1. The molecule has 1 aliphatic carbocycles. The second-order valence-electron chi connectivity index (χ2n) is 5.14. The van der Waals surface area contributed by atoms with E-state index in [0.717, 1.165) is 18.2 Å². The maximum atomic E-state index is 12.0. The van der Waals surface area contributed by atoms with E-state index in [1.54, 1.807) is 0 Å². The lowest BCUT2D eigenvalue weighted by Crippen LogP contribution is -2.50. The van der Waals surface area contributed by atoms with Gasteiger partial charge in [0.1, 0.15) is 0 Å². The summed E-state index contributed by atoms with van der Waals surface area (Å²) in [7, 11) is 0. The first-order chi connectivity index (χ1) is 7.01. The van der Waals surface area contributed by atoms with Gasteiger partial charge in [0.2, 0.25) is 5.91 Å². The first kappa shape index (κ1) is 13.0. The number of amides is 1. The second-order valence-corrected chi connectivity index (χ2v) is 5.70. The first-order valence-corrected chi connectivity index (χ1v) is 7.01. The predicted molar refractivity (Wildman–Crippen MR) is 67.1 cm³/mol. The highest BCUT2D eigenvalue weighted by Gasteiger charge is 2.35. The Labute approximate surface area is 101 Å². The molecule has 2 nitrogen and oxygen atoms in total. The molecule has 0 aromatic carbocycles. The van der Waals surface area contributed by atoms with Crippen LogP contribution in [0.15, 0.2) is 0 Å². The molecule has 3 heteroatoms. The van der Waals surface area contributed by atoms with Crippen molar-refractivity contribution < 1.29 is 4.79 Å². The molecule has 0 aliphatic heterocycles. The van der Waals surface area contributed by atoms with Crippen LogP contribution in [0.1, 0.15) is 46.5 Å². The zero-order valence-electron chi connectivity index (χ0n) is 9.98. The average Bonchev–Trinajstić information content (AvgIpc) is 2.65. The van der Waals surface area contributed by atoms with Crippen LogP contribution in [0, 0.1) is 11.8 Å². The van der Waals surface area contributed by atoms with Crippen LogP contribution in [-0.2, 0) is 4.79 Å². The Balaban J connectivity index is 2.55. The fourth-order valence-corrected chi connectivity index (χ4v) is 2.72. The van der Waals surface area contributed by atoms with Crippen molar-refractivity contribution in [3.8, 4) is 0 Å². The van der Waals surface area contributed by atoms with Crippen LogP contribution in [-0.4, -0.2) is 16.8 Å². The summed E-state index contributed by atoms with van der Waals surface area (Å²) in [4.78, 5) is 12.0. The van der Waals surface area contributed by atoms with E-state index in [4.69, 9.17) is 0 Å². The number of carbonyl (C=O) groups excluding carboxylic acids is 1. The minimum Gasteiger partial charge on any atom is -0.350 e. The molecule has 0 bridgehead atoms. The van der Waals surface area contributed by atoms with Gasteiger partial charge in [-0.3, -0.25) is 4.79 Å². The molecule has 0 aromatic rings. The fourth-order valence-electron chi connectivity index (χ4n) is 2.02. The van der Waals surface area contributed by atoms with E-state index < -0.39 is 0 Å². The molecule has 0 heterocycles. The summed E-state index contributed by atoms with van der Waals surface area (Å²) >= 11 is 3.53. The number of carbonyl (C=O) groups is 1. The predicted octanol–water partition coefficient (Wildman–Crippen LogP) is 3.10. The van der Waals surface area contributed by atoms with Crippen LogP contribution >= 0.6 is 15.9 Å². The molecular formula is C12H22BrNO. The van der Waals surface area contributed by atoms with Crippen molar-refractivity contribution in [1.29, 1.82) is 0 Å². The third-order valence-corrected chi connectivity index (χ3v) is 4.69. The van der Waals surface area contributed by atoms with Gasteiger partial charge in [-0.25, -0.2) is 0 Å². The van der Waals surface area contributed by atoms with Crippen molar-refractivity contribution in [3.05, 3.63) is 0 Å². The molecule has 1 N–H and O–H groups in total. The monoisotopic (exact) mass is 275 g/mol. The van der Waals surface area contributed by atoms with Gasteiger partial charge in [-0.1, -0.05) is 49.5 Å². The highest BCUT2D eigenvalue weighted by atomic mass is 79.9. The first-order valence-electron chi connectivity index (χ1n) is 5.89. The number of halogens is 1. The molecule has 1 rings (SSSR count). The Morgan fingerprint density at radius 3 is 2.27 bits per heavy atom. The molecular weight excluding hydrogens is 254 g/mol. The van der Waals surface area contributed by atoms with Crippen LogP contribution in [0.4, 0.5) is 0 Å². The lowest BCUT2D eigenvalue weighted by atomic mass is 9.94. The van der Waals surface area contributed by atoms with E-state index in [-0.39, 0.29) is 17.4 Å². The molecule has 1 fully saturated rings. The van der Waals surface area contributed by atoms with Gasteiger partial charge >= 0.3 is 0 Å². The van der Waals surface area contributed by atoms with E-state index in [2.05, 4.69) is 35.1 Å². The minimum absolute atomic E-state index is 0.0419. The number of alkyl halides is 1. The third kappa shape index (κ3) is 3.20. The van der Waals surface area contributed by atoms with Crippen molar-refractivity contribution in [2.24, 2.45) is 11.8 Å². The molecule has 0 aromatic heterocycles. The molecule has 1 saturated carbocycles. The van der Waals surface area contributed by atoms with Gasteiger partial charge in [0.25, 0.3) is 0 Å². The summed E-state index contributed by atoms with van der Waals surface area (Å²) < 4.78 is 0. The summed E-state index contributed by atoms with van der Waals surface area (Å²) in [6.45, 7) is 6.20. The standard InChI is InChI=1S/C12H22BrNO/c1-9(2)10(3)11(15)14-12(8-13)6-4-5-7-12/h9-10H,4-8H2,1-3H3,(H,14,15). The Kier molecular flexibility index (Phi) is 4.63. The van der Waals surface area contributed by atoms with Gasteiger partial charge in [0.05, 0.1) is 0 Å². The molecule has 88 valence electrons. The molecule has 1 aliphatic rings. The molecule has 15 heavy (non-hydrogen) atoms. The zero-order chi connectivity index (χ0) is 11.5. The molecule has 0 radical (unpaired) electrons. The van der Waals surface area contributed by atoms with Gasteiger partial charge in [0, 0.05) is 16.8 Å². The highest BCUT2D eigenvalue weighted by molar-refractivity contribution is 9.09. The Morgan fingerprint density at radius 1 is 1.33 bits per heavy atom. The maximum absolute atomic E-state index is 12.0. The maximum Gasteiger partial charge on any atom is 0.223 e. The van der Waals surface area contributed by atoms with Crippen LogP contribution in [0.3, 0.4) is 0 Å². The second kappa shape index (κ2) is 5.33. The van der Waals surface area contributed by atoms with Crippen LogP contribution < -0.4 is 5.32 Å².